The van der Waals surface area contributed by atoms with E-state index in [1.54, 1.807) is 0 Å². The second-order valence-electron chi connectivity index (χ2n) is 4.69. The minimum absolute atomic E-state index is 0.339. The number of aromatic nitrogens is 4. The Labute approximate surface area is 108 Å². The van der Waals surface area contributed by atoms with Crippen LogP contribution >= 0.6 is 0 Å². The molecule has 1 aliphatic rings. The number of fused-ring (bicyclic) bond motifs is 1. The highest BCUT2D eigenvalue weighted by Crippen LogP contribution is 2.17. The fourth-order valence-electron chi connectivity index (χ4n) is 2.38. The summed E-state index contributed by atoms with van der Waals surface area (Å²) in [6.45, 7) is 1.91. The molecule has 0 atom stereocenters. The third-order valence-electron chi connectivity index (χ3n) is 3.42. The van der Waals surface area contributed by atoms with Crippen LogP contribution in [0.5, 0.6) is 0 Å². The molecule has 0 amide bonds. The predicted molar refractivity (Wildman–Crippen MR) is 68.0 cm³/mol. The van der Waals surface area contributed by atoms with E-state index in [1.807, 2.05) is 0 Å². The Morgan fingerprint density at radius 2 is 2.16 bits per heavy atom. The summed E-state index contributed by atoms with van der Waals surface area (Å²) >= 11 is 0. The summed E-state index contributed by atoms with van der Waals surface area (Å²) in [5.74, 6) is 0.339. The molecule has 2 aromatic heterocycles. The van der Waals surface area contributed by atoms with E-state index in [4.69, 9.17) is 4.74 Å². The van der Waals surface area contributed by atoms with Crippen LogP contribution in [-0.2, 0) is 11.3 Å². The lowest BCUT2D eigenvalue weighted by Crippen LogP contribution is -2.38. The summed E-state index contributed by atoms with van der Waals surface area (Å²) in [5, 5.41) is 0. The number of ether oxygens (including phenoxy) is 1. The van der Waals surface area contributed by atoms with Crippen LogP contribution < -0.4 is 11.1 Å². The Bertz CT molecular complexity index is 700. The Morgan fingerprint density at radius 3 is 2.95 bits per heavy atom. The van der Waals surface area contributed by atoms with E-state index in [0.717, 1.165) is 12.8 Å². The van der Waals surface area contributed by atoms with Gasteiger partial charge in [-0.25, -0.2) is 9.97 Å². The molecule has 7 heteroatoms. The average molecular weight is 262 g/mol. The Kier molecular flexibility index (Phi) is 3.12. The normalized spacial score (nSPS) is 16.8. The second-order valence-corrected chi connectivity index (χ2v) is 4.69. The predicted octanol–water partition coefficient (Wildman–Crippen LogP) is -0.0936. The molecule has 0 aromatic carbocycles. The van der Waals surface area contributed by atoms with Gasteiger partial charge >= 0.3 is 11.1 Å². The Balaban J connectivity index is 2.08. The largest absolute Gasteiger partial charge is 0.381 e. The third kappa shape index (κ3) is 2.28. The number of rotatable bonds is 2. The van der Waals surface area contributed by atoms with Crippen molar-refractivity contribution in [1.82, 2.24) is 19.5 Å². The maximum atomic E-state index is 12.0. The summed E-state index contributed by atoms with van der Waals surface area (Å²) in [7, 11) is 0. The molecule has 3 heterocycles. The van der Waals surface area contributed by atoms with Crippen molar-refractivity contribution < 1.29 is 4.74 Å². The highest BCUT2D eigenvalue weighted by molar-refractivity contribution is 5.67. The lowest BCUT2D eigenvalue weighted by atomic mass is 10.0. The van der Waals surface area contributed by atoms with Gasteiger partial charge < -0.3 is 9.72 Å². The lowest BCUT2D eigenvalue weighted by molar-refractivity contribution is 0.0612. The molecule has 3 rings (SSSR count). The average Bonchev–Trinajstić information content (AvgIpc) is 2.45. The lowest BCUT2D eigenvalue weighted by Gasteiger charge is -2.22. The molecule has 2 aromatic rings. The minimum atomic E-state index is -0.630. The molecule has 1 saturated heterocycles. The van der Waals surface area contributed by atoms with Gasteiger partial charge in [0.1, 0.15) is 11.8 Å². The summed E-state index contributed by atoms with van der Waals surface area (Å²) in [6, 6.07) is 0. The maximum Gasteiger partial charge on any atom is 0.317 e. The molecule has 0 radical (unpaired) electrons. The Hall–Kier alpha value is -2.02. The summed E-state index contributed by atoms with van der Waals surface area (Å²) < 4.78 is 6.75. The summed E-state index contributed by atoms with van der Waals surface area (Å²) in [4.78, 5) is 34.1. The number of nitrogens with zero attached hydrogens (tertiary/aromatic N) is 3. The van der Waals surface area contributed by atoms with E-state index in [2.05, 4.69) is 15.0 Å². The fourth-order valence-corrected chi connectivity index (χ4v) is 2.38. The van der Waals surface area contributed by atoms with Gasteiger partial charge in [-0.05, 0) is 18.8 Å². The summed E-state index contributed by atoms with van der Waals surface area (Å²) in [6.07, 6.45) is 4.67. The van der Waals surface area contributed by atoms with Gasteiger partial charge in [-0.2, -0.15) is 0 Å². The molecule has 0 aliphatic carbocycles. The van der Waals surface area contributed by atoms with E-state index in [1.165, 1.54) is 17.1 Å². The molecule has 0 unspecified atom stereocenters. The van der Waals surface area contributed by atoms with E-state index in [9.17, 15) is 9.59 Å². The topological polar surface area (TPSA) is 89.9 Å². The van der Waals surface area contributed by atoms with Crippen molar-refractivity contribution in [3.63, 3.8) is 0 Å². The molecule has 1 aliphatic heterocycles. The standard InChI is InChI=1S/C12H14N4O3/c17-11-12(18)16(6-8-1-3-19-4-2-8)10-9(15-11)5-13-7-14-10/h5,7-8H,1-4,6H2,(H,15,17). The fraction of sp³-hybridized carbons (Fsp3) is 0.500. The first-order valence-corrected chi connectivity index (χ1v) is 6.26. The zero-order valence-corrected chi connectivity index (χ0v) is 10.3. The molecule has 0 bridgehead atoms. The van der Waals surface area contributed by atoms with Crippen LogP contribution in [0, 0.1) is 5.92 Å². The first-order chi connectivity index (χ1) is 9.25. The monoisotopic (exact) mass is 262 g/mol. The van der Waals surface area contributed by atoms with Gasteiger partial charge in [0.15, 0.2) is 5.65 Å². The first kappa shape index (κ1) is 12.0. The number of nitrogens with one attached hydrogen (secondary N) is 1. The molecule has 1 N–H and O–H groups in total. The van der Waals surface area contributed by atoms with Crippen molar-refractivity contribution in [3.8, 4) is 0 Å². The smallest absolute Gasteiger partial charge is 0.317 e. The van der Waals surface area contributed by atoms with E-state index >= 15 is 0 Å². The number of H-pyrrole nitrogens is 1. The van der Waals surface area contributed by atoms with Crippen molar-refractivity contribution in [1.29, 1.82) is 0 Å². The number of hydrogen-bond acceptors (Lipinski definition) is 5. The molecule has 0 saturated carbocycles. The molecular weight excluding hydrogens is 248 g/mol. The molecule has 7 nitrogen and oxygen atoms in total. The van der Waals surface area contributed by atoms with Crippen LogP contribution in [0.4, 0.5) is 0 Å². The van der Waals surface area contributed by atoms with Crippen molar-refractivity contribution in [3.05, 3.63) is 33.2 Å². The molecule has 100 valence electrons. The first-order valence-electron chi connectivity index (χ1n) is 6.26. The third-order valence-corrected chi connectivity index (χ3v) is 3.42. The van der Waals surface area contributed by atoms with Gasteiger partial charge in [-0.15, -0.1) is 0 Å². The van der Waals surface area contributed by atoms with Crippen molar-refractivity contribution in [2.75, 3.05) is 13.2 Å². The van der Waals surface area contributed by atoms with Gasteiger partial charge in [0.05, 0.1) is 6.20 Å². The van der Waals surface area contributed by atoms with E-state index in [-0.39, 0.29) is 0 Å². The van der Waals surface area contributed by atoms with Gasteiger partial charge in [-0.1, -0.05) is 0 Å². The number of aromatic amines is 1. The Morgan fingerprint density at radius 1 is 1.37 bits per heavy atom. The van der Waals surface area contributed by atoms with Gasteiger partial charge in [0, 0.05) is 19.8 Å². The second kappa shape index (κ2) is 4.93. The highest BCUT2D eigenvalue weighted by atomic mass is 16.5. The van der Waals surface area contributed by atoms with Crippen LogP contribution in [0.25, 0.3) is 11.2 Å². The van der Waals surface area contributed by atoms with E-state index < -0.39 is 11.1 Å². The van der Waals surface area contributed by atoms with Gasteiger partial charge in [0.25, 0.3) is 0 Å². The van der Waals surface area contributed by atoms with Gasteiger partial charge in [-0.3, -0.25) is 14.2 Å². The molecular formula is C12H14N4O3. The molecule has 1 fully saturated rings. The van der Waals surface area contributed by atoms with Crippen LogP contribution in [0.3, 0.4) is 0 Å². The van der Waals surface area contributed by atoms with Crippen LogP contribution in [0.1, 0.15) is 12.8 Å². The molecule has 0 spiro atoms. The molecule has 19 heavy (non-hydrogen) atoms. The highest BCUT2D eigenvalue weighted by Gasteiger charge is 2.17. The van der Waals surface area contributed by atoms with Crippen LogP contribution in [0.2, 0.25) is 0 Å². The van der Waals surface area contributed by atoms with E-state index in [0.29, 0.717) is 36.8 Å². The number of hydrogen-bond donors (Lipinski definition) is 1. The maximum absolute atomic E-state index is 12.0. The van der Waals surface area contributed by atoms with Gasteiger partial charge in [0.2, 0.25) is 0 Å². The van der Waals surface area contributed by atoms with Crippen molar-refractivity contribution in [2.24, 2.45) is 5.92 Å². The van der Waals surface area contributed by atoms with Crippen LogP contribution in [0.15, 0.2) is 22.1 Å². The van der Waals surface area contributed by atoms with Crippen molar-refractivity contribution in [2.45, 2.75) is 19.4 Å². The zero-order valence-electron chi connectivity index (χ0n) is 10.3. The quantitative estimate of drug-likeness (QED) is 0.764. The van der Waals surface area contributed by atoms with Crippen LogP contribution in [-0.4, -0.2) is 32.7 Å². The van der Waals surface area contributed by atoms with Crippen molar-refractivity contribution >= 4 is 11.2 Å². The minimum Gasteiger partial charge on any atom is -0.381 e. The SMILES string of the molecule is O=c1[nH]c2cncnc2n(CC2CCOCC2)c1=O. The summed E-state index contributed by atoms with van der Waals surface area (Å²) in [5.41, 5.74) is -0.225. The zero-order chi connectivity index (χ0) is 13.2.